The number of amides is 1. The van der Waals surface area contributed by atoms with Gasteiger partial charge in [-0.2, -0.15) is 0 Å². The molecule has 1 heterocycles. The highest BCUT2D eigenvalue weighted by Crippen LogP contribution is 2.48. The zero-order valence-corrected chi connectivity index (χ0v) is 17.7. The molecule has 1 fully saturated rings. The fourth-order valence-corrected chi connectivity index (χ4v) is 3.98. The number of rotatable bonds is 6. The lowest BCUT2D eigenvalue weighted by molar-refractivity contribution is -0.117. The van der Waals surface area contributed by atoms with Gasteiger partial charge in [0, 0.05) is 29.1 Å². The highest BCUT2D eigenvalue weighted by molar-refractivity contribution is 5.98. The molecule has 0 saturated heterocycles. The number of hydrogen-bond acceptors (Lipinski definition) is 4. The molecule has 1 amide bonds. The number of fused-ring (bicyclic) bond motifs is 1. The summed E-state index contributed by atoms with van der Waals surface area (Å²) in [6.45, 7) is 0.216. The number of pyridine rings is 1. The van der Waals surface area contributed by atoms with Crippen LogP contribution in [0.25, 0.3) is 10.8 Å². The van der Waals surface area contributed by atoms with Crippen molar-refractivity contribution in [3.8, 4) is 0 Å². The molecule has 1 aliphatic carbocycles. The Morgan fingerprint density at radius 1 is 1.00 bits per heavy atom. The largest absolute Gasteiger partial charge is 0.457 e. The first-order valence-electron chi connectivity index (χ1n) is 10.7. The van der Waals surface area contributed by atoms with E-state index in [0.717, 1.165) is 11.1 Å². The highest BCUT2D eigenvalue weighted by atomic mass is 19.1. The minimum absolute atomic E-state index is 0.0482. The zero-order valence-electron chi connectivity index (χ0n) is 17.7. The van der Waals surface area contributed by atoms with Crippen LogP contribution in [0.2, 0.25) is 0 Å². The van der Waals surface area contributed by atoms with Gasteiger partial charge >= 0.3 is 5.97 Å². The molecule has 1 aromatic heterocycles. The van der Waals surface area contributed by atoms with Crippen molar-refractivity contribution in [3.05, 3.63) is 108 Å². The lowest BCUT2D eigenvalue weighted by atomic mass is 10.1. The Labute approximate surface area is 190 Å². The summed E-state index contributed by atoms with van der Waals surface area (Å²) in [4.78, 5) is 29.0. The van der Waals surface area contributed by atoms with E-state index < -0.39 is 11.8 Å². The summed E-state index contributed by atoms with van der Waals surface area (Å²) in [5.74, 6) is -1.24. The Bertz CT molecular complexity index is 1320. The average molecular weight is 440 g/mol. The molecule has 1 aliphatic rings. The minimum Gasteiger partial charge on any atom is -0.457 e. The number of aromatic nitrogens is 1. The number of nitrogens with zero attached hydrogens (tertiary/aromatic N) is 1. The van der Waals surface area contributed by atoms with E-state index in [1.54, 1.807) is 36.5 Å². The second kappa shape index (κ2) is 8.82. The summed E-state index contributed by atoms with van der Waals surface area (Å²) in [5, 5.41) is 3.82. The van der Waals surface area contributed by atoms with Gasteiger partial charge in [0.05, 0.1) is 11.3 Å². The topological polar surface area (TPSA) is 68.3 Å². The molecular formula is C27H21FN2O3. The highest BCUT2D eigenvalue weighted by Gasteiger charge is 2.44. The van der Waals surface area contributed by atoms with Crippen LogP contribution in [0.3, 0.4) is 0 Å². The van der Waals surface area contributed by atoms with Crippen molar-refractivity contribution in [3.63, 3.8) is 0 Å². The molecule has 0 aliphatic heterocycles. The normalized spacial score (nSPS) is 16.9. The van der Waals surface area contributed by atoms with Crippen LogP contribution in [-0.2, 0) is 16.1 Å². The molecular weight excluding hydrogens is 419 g/mol. The number of nitrogens with one attached hydrogen (secondary N) is 1. The van der Waals surface area contributed by atoms with Gasteiger partial charge < -0.3 is 10.1 Å². The van der Waals surface area contributed by atoms with Crippen molar-refractivity contribution in [2.75, 3.05) is 5.32 Å². The van der Waals surface area contributed by atoms with Crippen molar-refractivity contribution in [1.29, 1.82) is 0 Å². The standard InChI is InChI=1S/C27H21FN2O3/c28-25-21-12-13-29-15-20(21)10-11-24(25)30-26(31)23-14-22(23)18-6-8-19(9-7-18)27(32)33-16-17-4-2-1-3-5-17/h1-13,15,22-23H,14,16H2,(H,30,31)/t22?,23-/m1/s1. The number of ether oxygens (including phenoxy) is 1. The third kappa shape index (κ3) is 4.46. The van der Waals surface area contributed by atoms with Gasteiger partial charge in [0.15, 0.2) is 5.82 Å². The molecule has 6 heteroatoms. The molecule has 1 unspecified atom stereocenters. The maximum atomic E-state index is 14.7. The van der Waals surface area contributed by atoms with E-state index in [4.69, 9.17) is 4.74 Å². The summed E-state index contributed by atoms with van der Waals surface area (Å²) < 4.78 is 20.1. The van der Waals surface area contributed by atoms with Crippen LogP contribution in [-0.4, -0.2) is 16.9 Å². The summed E-state index contributed by atoms with van der Waals surface area (Å²) in [6, 6.07) is 21.5. The summed E-state index contributed by atoms with van der Waals surface area (Å²) in [5.41, 5.74) is 2.53. The zero-order chi connectivity index (χ0) is 22.8. The second-order valence-corrected chi connectivity index (χ2v) is 8.15. The van der Waals surface area contributed by atoms with Crippen molar-refractivity contribution in [2.45, 2.75) is 18.9 Å². The predicted octanol–water partition coefficient (Wildman–Crippen LogP) is 5.47. The van der Waals surface area contributed by atoms with Crippen LogP contribution in [0.5, 0.6) is 0 Å². The maximum Gasteiger partial charge on any atom is 0.338 e. The smallest absolute Gasteiger partial charge is 0.338 e. The Hall–Kier alpha value is -4.06. The first kappa shape index (κ1) is 20.8. The minimum atomic E-state index is -0.459. The van der Waals surface area contributed by atoms with Crippen LogP contribution < -0.4 is 5.32 Å². The van der Waals surface area contributed by atoms with Crippen LogP contribution in [0.15, 0.2) is 85.2 Å². The van der Waals surface area contributed by atoms with Crippen molar-refractivity contribution < 1.29 is 18.7 Å². The average Bonchev–Trinajstić information content (AvgIpc) is 3.66. The molecule has 5 nitrogen and oxygen atoms in total. The van der Waals surface area contributed by atoms with E-state index >= 15 is 0 Å². The second-order valence-electron chi connectivity index (χ2n) is 8.15. The van der Waals surface area contributed by atoms with Crippen LogP contribution in [0.1, 0.15) is 33.8 Å². The molecule has 33 heavy (non-hydrogen) atoms. The summed E-state index contributed by atoms with van der Waals surface area (Å²) in [7, 11) is 0. The Morgan fingerprint density at radius 3 is 2.58 bits per heavy atom. The number of carbonyl (C=O) groups excluding carboxylic acids is 2. The first-order valence-corrected chi connectivity index (χ1v) is 10.7. The third-order valence-electron chi connectivity index (χ3n) is 5.93. The van der Waals surface area contributed by atoms with Crippen LogP contribution >= 0.6 is 0 Å². The van der Waals surface area contributed by atoms with E-state index in [-0.39, 0.29) is 30.0 Å². The summed E-state index contributed by atoms with van der Waals surface area (Å²) >= 11 is 0. The first-order chi connectivity index (χ1) is 16.1. The number of halogens is 1. The predicted molar refractivity (Wildman–Crippen MR) is 123 cm³/mol. The molecule has 3 aromatic carbocycles. The van der Waals surface area contributed by atoms with Crippen molar-refractivity contribution in [1.82, 2.24) is 4.98 Å². The van der Waals surface area contributed by atoms with Crippen molar-refractivity contribution in [2.24, 2.45) is 5.92 Å². The number of hydrogen-bond donors (Lipinski definition) is 1. The number of carbonyl (C=O) groups is 2. The van der Waals surface area contributed by atoms with E-state index in [1.165, 1.54) is 6.20 Å². The molecule has 164 valence electrons. The lowest BCUT2D eigenvalue weighted by Crippen LogP contribution is -2.15. The molecule has 2 atom stereocenters. The molecule has 0 spiro atoms. The van der Waals surface area contributed by atoms with E-state index in [1.807, 2.05) is 42.5 Å². The number of esters is 1. The van der Waals surface area contributed by atoms with Crippen LogP contribution in [0, 0.1) is 11.7 Å². The Kier molecular flexibility index (Phi) is 5.57. The maximum absolute atomic E-state index is 14.7. The van der Waals surface area contributed by atoms with Gasteiger partial charge in [-0.1, -0.05) is 48.5 Å². The molecule has 0 radical (unpaired) electrons. The Balaban J connectivity index is 1.19. The van der Waals surface area contributed by atoms with Crippen LogP contribution in [0.4, 0.5) is 10.1 Å². The summed E-state index contributed by atoms with van der Waals surface area (Å²) in [6.07, 6.45) is 3.79. The van der Waals surface area contributed by atoms with Gasteiger partial charge in [0.2, 0.25) is 5.91 Å². The number of benzene rings is 3. The van der Waals surface area contributed by atoms with Gasteiger partial charge in [-0.05, 0) is 47.7 Å². The van der Waals surface area contributed by atoms with E-state index in [0.29, 0.717) is 22.8 Å². The van der Waals surface area contributed by atoms with Gasteiger partial charge in [-0.25, -0.2) is 9.18 Å². The van der Waals surface area contributed by atoms with E-state index in [9.17, 15) is 14.0 Å². The fraction of sp³-hybridized carbons (Fsp3) is 0.148. The quantitative estimate of drug-likeness (QED) is 0.404. The molecule has 0 bridgehead atoms. The molecule has 1 N–H and O–H groups in total. The number of anilines is 1. The van der Waals surface area contributed by atoms with Crippen molar-refractivity contribution >= 4 is 28.3 Å². The fourth-order valence-electron chi connectivity index (χ4n) is 3.98. The SMILES string of the molecule is O=C(OCc1ccccc1)c1ccc(C2C[C@H]2C(=O)Nc2ccc3cnccc3c2F)cc1. The van der Waals surface area contributed by atoms with Gasteiger partial charge in [-0.3, -0.25) is 9.78 Å². The monoisotopic (exact) mass is 440 g/mol. The molecule has 1 saturated carbocycles. The van der Waals surface area contributed by atoms with Gasteiger partial charge in [0.25, 0.3) is 0 Å². The molecule has 4 aromatic rings. The molecule has 5 rings (SSSR count). The van der Waals surface area contributed by atoms with Gasteiger partial charge in [0.1, 0.15) is 6.61 Å². The lowest BCUT2D eigenvalue weighted by Gasteiger charge is -2.09. The Morgan fingerprint density at radius 2 is 1.79 bits per heavy atom. The van der Waals surface area contributed by atoms with E-state index in [2.05, 4.69) is 10.3 Å². The van der Waals surface area contributed by atoms with Gasteiger partial charge in [-0.15, -0.1) is 0 Å². The third-order valence-corrected chi connectivity index (χ3v) is 5.93.